The molecule has 0 atom stereocenters. The summed E-state index contributed by atoms with van der Waals surface area (Å²) in [6.07, 6.45) is 0. The van der Waals surface area contributed by atoms with Crippen LogP contribution in [-0.4, -0.2) is 4.57 Å². The summed E-state index contributed by atoms with van der Waals surface area (Å²) in [4.78, 5) is 0. The van der Waals surface area contributed by atoms with Crippen LogP contribution < -0.4 is 4.57 Å². The Morgan fingerprint density at radius 1 is 0.774 bits per heavy atom. The Bertz CT molecular complexity index is 1610. The summed E-state index contributed by atoms with van der Waals surface area (Å²) >= 11 is 0. The van der Waals surface area contributed by atoms with Gasteiger partial charge >= 0.3 is 0 Å². The largest absolute Gasteiger partial charge is 0.453 e. The van der Waals surface area contributed by atoms with Crippen LogP contribution in [0.4, 0.5) is 0 Å². The van der Waals surface area contributed by atoms with Gasteiger partial charge in [-0.1, -0.05) is 69.3 Å². The predicted octanol–water partition coefficient (Wildman–Crippen LogP) is 6.81. The van der Waals surface area contributed by atoms with Crippen LogP contribution in [0.5, 0.6) is 0 Å². The number of pyridine rings is 1. The van der Waals surface area contributed by atoms with E-state index in [-0.39, 0.29) is 5.41 Å². The number of fused-ring (bicyclic) bond motifs is 7. The topological polar surface area (TPSA) is 21.9 Å². The van der Waals surface area contributed by atoms with E-state index in [2.05, 4.69) is 110 Å². The Labute approximate surface area is 181 Å². The lowest BCUT2D eigenvalue weighted by Crippen LogP contribution is -2.40. The second-order valence-electron chi connectivity index (χ2n) is 9.35. The first-order valence-electron chi connectivity index (χ1n) is 10.8. The molecule has 0 radical (unpaired) electrons. The normalized spacial score (nSPS) is 12.5. The molecule has 3 heteroatoms. The number of hydrogen-bond donors (Lipinski definition) is 0. The van der Waals surface area contributed by atoms with Crippen LogP contribution in [0.15, 0.2) is 83.3 Å². The fourth-order valence-electron chi connectivity index (χ4n) is 5.22. The summed E-state index contributed by atoms with van der Waals surface area (Å²) in [5, 5.41) is 3.61. The smallest absolute Gasteiger partial charge is 0.242 e. The van der Waals surface area contributed by atoms with Crippen molar-refractivity contribution in [3.63, 3.8) is 0 Å². The van der Waals surface area contributed by atoms with Gasteiger partial charge in [-0.25, -0.2) is 0 Å². The standard InChI is InChI=1S/C28H25N2O/c1-28(2,3)27-23-20-15-9-11-17-22(20)31-26(23)25-24(29(27)4)19-14-8-10-16-21(19)30(25)18-12-6-5-7-13-18/h5-17H,1-4H3/q+1. The molecule has 0 aliphatic carbocycles. The Hall–Kier alpha value is -3.59. The Balaban J connectivity index is 1.99. The second-order valence-corrected chi connectivity index (χ2v) is 9.35. The highest BCUT2D eigenvalue weighted by Gasteiger charge is 2.35. The number of benzene rings is 3. The van der Waals surface area contributed by atoms with Crippen LogP contribution in [0.25, 0.3) is 49.6 Å². The molecule has 0 N–H and O–H groups in total. The van der Waals surface area contributed by atoms with Gasteiger partial charge in [0.15, 0.2) is 16.8 Å². The zero-order valence-corrected chi connectivity index (χ0v) is 18.3. The summed E-state index contributed by atoms with van der Waals surface area (Å²) in [6.45, 7) is 6.85. The maximum absolute atomic E-state index is 6.61. The van der Waals surface area contributed by atoms with E-state index in [1.54, 1.807) is 0 Å². The van der Waals surface area contributed by atoms with E-state index in [0.29, 0.717) is 0 Å². The van der Waals surface area contributed by atoms with E-state index in [1.807, 2.05) is 6.07 Å². The molecule has 0 aliphatic rings. The number of hydrogen-bond acceptors (Lipinski definition) is 1. The van der Waals surface area contributed by atoms with Gasteiger partial charge in [-0.15, -0.1) is 0 Å². The maximum atomic E-state index is 6.61. The van der Waals surface area contributed by atoms with Gasteiger partial charge in [0.05, 0.1) is 16.3 Å². The van der Waals surface area contributed by atoms with Gasteiger partial charge in [-0.2, -0.15) is 4.57 Å². The minimum absolute atomic E-state index is 0.0518. The molecule has 31 heavy (non-hydrogen) atoms. The fraction of sp³-hybridized carbons (Fsp3) is 0.179. The monoisotopic (exact) mass is 405 g/mol. The van der Waals surface area contributed by atoms with Crippen LogP contribution in [0.2, 0.25) is 0 Å². The number of aromatic nitrogens is 2. The van der Waals surface area contributed by atoms with Crippen molar-refractivity contribution < 1.29 is 8.98 Å². The molecule has 0 unspecified atom stereocenters. The minimum atomic E-state index is -0.0518. The quantitative estimate of drug-likeness (QED) is 0.276. The van der Waals surface area contributed by atoms with Gasteiger partial charge < -0.3 is 8.98 Å². The van der Waals surface area contributed by atoms with Crippen molar-refractivity contribution in [2.24, 2.45) is 7.05 Å². The van der Waals surface area contributed by atoms with Gasteiger partial charge in [-0.05, 0) is 30.3 Å². The number of nitrogens with zero attached hydrogens (tertiary/aromatic N) is 2. The molecule has 3 aromatic heterocycles. The zero-order chi connectivity index (χ0) is 21.3. The molecule has 6 aromatic rings. The van der Waals surface area contributed by atoms with Crippen LogP contribution in [0, 0.1) is 0 Å². The highest BCUT2D eigenvalue weighted by molar-refractivity contribution is 6.19. The average Bonchev–Trinajstić information content (AvgIpc) is 3.30. The van der Waals surface area contributed by atoms with Crippen molar-refractivity contribution in [1.82, 2.24) is 4.57 Å². The van der Waals surface area contributed by atoms with Gasteiger partial charge in [0.25, 0.3) is 0 Å². The summed E-state index contributed by atoms with van der Waals surface area (Å²) in [5.74, 6) is 0. The Kier molecular flexibility index (Phi) is 3.64. The van der Waals surface area contributed by atoms with Crippen molar-refractivity contribution >= 4 is 43.9 Å². The fourth-order valence-corrected chi connectivity index (χ4v) is 5.22. The molecule has 0 fully saturated rings. The molecule has 0 bridgehead atoms. The number of rotatable bonds is 1. The van der Waals surface area contributed by atoms with Crippen molar-refractivity contribution in [2.75, 3.05) is 0 Å². The summed E-state index contributed by atoms with van der Waals surface area (Å²) in [7, 11) is 2.20. The van der Waals surface area contributed by atoms with E-state index in [4.69, 9.17) is 4.42 Å². The molecule has 3 nitrogen and oxygen atoms in total. The summed E-state index contributed by atoms with van der Waals surface area (Å²) in [6, 6.07) is 27.6. The highest BCUT2D eigenvalue weighted by Crippen LogP contribution is 2.42. The van der Waals surface area contributed by atoms with Crippen LogP contribution in [0.3, 0.4) is 0 Å². The van der Waals surface area contributed by atoms with E-state index in [0.717, 1.165) is 22.4 Å². The van der Waals surface area contributed by atoms with E-state index >= 15 is 0 Å². The molecular weight excluding hydrogens is 380 g/mol. The lowest BCUT2D eigenvalue weighted by atomic mass is 9.87. The first-order chi connectivity index (χ1) is 15.0. The molecule has 0 aliphatic heterocycles. The van der Waals surface area contributed by atoms with Crippen molar-refractivity contribution in [2.45, 2.75) is 26.2 Å². The lowest BCUT2D eigenvalue weighted by molar-refractivity contribution is -0.654. The zero-order valence-electron chi connectivity index (χ0n) is 18.3. The van der Waals surface area contributed by atoms with Gasteiger partial charge in [0, 0.05) is 16.5 Å². The predicted molar refractivity (Wildman–Crippen MR) is 128 cm³/mol. The highest BCUT2D eigenvalue weighted by atomic mass is 16.3. The van der Waals surface area contributed by atoms with Gasteiger partial charge in [0.2, 0.25) is 5.52 Å². The number of para-hydroxylation sites is 3. The van der Waals surface area contributed by atoms with Crippen molar-refractivity contribution in [3.8, 4) is 5.69 Å². The third-order valence-corrected chi connectivity index (χ3v) is 6.29. The number of furan rings is 1. The van der Waals surface area contributed by atoms with Crippen molar-refractivity contribution in [3.05, 3.63) is 84.6 Å². The molecule has 0 amide bonds. The van der Waals surface area contributed by atoms with Crippen molar-refractivity contribution in [1.29, 1.82) is 0 Å². The molecule has 3 heterocycles. The van der Waals surface area contributed by atoms with E-state index < -0.39 is 0 Å². The first kappa shape index (κ1) is 18.2. The molecule has 6 rings (SSSR count). The molecular formula is C28H25N2O+. The molecule has 152 valence electrons. The second kappa shape index (κ2) is 6.21. The number of aryl methyl sites for hydroxylation is 1. The van der Waals surface area contributed by atoms with Gasteiger partial charge in [-0.3, -0.25) is 0 Å². The summed E-state index contributed by atoms with van der Waals surface area (Å²) in [5.41, 5.74) is 7.77. The SMILES string of the molecule is C[n+]1c(C(C)(C)C)c2c3ccccc3oc2c2c1c1ccccc1n2-c1ccccc1. The van der Waals surface area contributed by atoms with Crippen LogP contribution >= 0.6 is 0 Å². The Morgan fingerprint density at radius 2 is 1.42 bits per heavy atom. The molecule has 0 saturated heterocycles. The first-order valence-corrected chi connectivity index (χ1v) is 10.8. The van der Waals surface area contributed by atoms with E-state index in [9.17, 15) is 0 Å². The van der Waals surface area contributed by atoms with E-state index in [1.165, 1.54) is 32.9 Å². The van der Waals surface area contributed by atoms with Crippen LogP contribution in [0.1, 0.15) is 26.5 Å². The summed E-state index contributed by atoms with van der Waals surface area (Å²) < 4.78 is 11.4. The molecule has 3 aromatic carbocycles. The van der Waals surface area contributed by atoms with Gasteiger partial charge in [0.1, 0.15) is 12.6 Å². The Morgan fingerprint density at radius 3 is 2.16 bits per heavy atom. The third-order valence-electron chi connectivity index (χ3n) is 6.29. The maximum Gasteiger partial charge on any atom is 0.242 e. The van der Waals surface area contributed by atoms with Crippen LogP contribution in [-0.2, 0) is 12.5 Å². The minimum Gasteiger partial charge on any atom is -0.453 e. The third kappa shape index (κ3) is 2.43. The average molecular weight is 406 g/mol. The molecule has 0 saturated carbocycles. The molecule has 0 spiro atoms. The lowest BCUT2D eigenvalue weighted by Gasteiger charge is -2.17.